The Morgan fingerprint density at radius 3 is 2.57 bits per heavy atom. The number of rotatable bonds is 5. The van der Waals surface area contributed by atoms with Crippen LogP contribution in [0.5, 0.6) is 0 Å². The lowest BCUT2D eigenvalue weighted by Crippen LogP contribution is -2.36. The lowest BCUT2D eigenvalue weighted by atomic mass is 10.1. The van der Waals surface area contributed by atoms with Crippen molar-refractivity contribution in [3.63, 3.8) is 0 Å². The maximum absolute atomic E-state index is 13.9. The molecule has 2 aromatic carbocycles. The SMILES string of the molecule is Cc1ccc(NC(=O)Cc2c(F)cccc2Cl)cc1S(=O)(=O)N1CCCCC1. The second-order valence-corrected chi connectivity index (χ2v) is 9.18. The molecule has 2 aromatic rings. The summed E-state index contributed by atoms with van der Waals surface area (Å²) in [5.41, 5.74) is 1.06. The van der Waals surface area contributed by atoms with Crippen molar-refractivity contribution in [3.8, 4) is 0 Å². The number of amides is 1. The van der Waals surface area contributed by atoms with Gasteiger partial charge in [-0.15, -0.1) is 0 Å². The minimum atomic E-state index is -3.62. The Morgan fingerprint density at radius 1 is 1.18 bits per heavy atom. The molecule has 1 saturated heterocycles. The molecule has 0 bridgehead atoms. The number of anilines is 1. The second kappa shape index (κ2) is 8.59. The summed E-state index contributed by atoms with van der Waals surface area (Å²) < 4.78 is 41.3. The summed E-state index contributed by atoms with van der Waals surface area (Å²) in [4.78, 5) is 12.5. The van der Waals surface area contributed by atoms with Gasteiger partial charge in [0.1, 0.15) is 5.82 Å². The van der Waals surface area contributed by atoms with E-state index in [2.05, 4.69) is 5.32 Å². The number of carbonyl (C=O) groups excluding carboxylic acids is 1. The van der Waals surface area contributed by atoms with Gasteiger partial charge in [-0.25, -0.2) is 12.8 Å². The van der Waals surface area contributed by atoms with Crippen LogP contribution in [-0.4, -0.2) is 31.7 Å². The van der Waals surface area contributed by atoms with Crippen molar-refractivity contribution in [2.24, 2.45) is 0 Å². The predicted octanol–water partition coefficient (Wildman–Crippen LogP) is 4.14. The zero-order valence-electron chi connectivity index (χ0n) is 15.5. The Bertz CT molecular complexity index is 969. The standard InChI is InChI=1S/C20H22ClFN2O3S/c1-14-8-9-15(12-19(14)28(26,27)24-10-3-2-4-11-24)23-20(25)13-16-17(21)6-5-7-18(16)22/h5-9,12H,2-4,10-11,13H2,1H3,(H,23,25). The summed E-state index contributed by atoms with van der Waals surface area (Å²) in [5.74, 6) is -1.03. The van der Waals surface area contributed by atoms with Crippen LogP contribution >= 0.6 is 11.6 Å². The van der Waals surface area contributed by atoms with Crippen LogP contribution < -0.4 is 5.32 Å². The van der Waals surface area contributed by atoms with Gasteiger partial charge in [0.15, 0.2) is 0 Å². The summed E-state index contributed by atoms with van der Waals surface area (Å²) in [5, 5.41) is 2.81. The van der Waals surface area contributed by atoms with Crippen molar-refractivity contribution < 1.29 is 17.6 Å². The maximum atomic E-state index is 13.9. The number of benzene rings is 2. The third-order valence-electron chi connectivity index (χ3n) is 4.80. The molecule has 0 aromatic heterocycles. The fourth-order valence-electron chi connectivity index (χ4n) is 3.27. The fraction of sp³-hybridized carbons (Fsp3) is 0.350. The minimum Gasteiger partial charge on any atom is -0.326 e. The zero-order chi connectivity index (χ0) is 20.3. The summed E-state index contributed by atoms with van der Waals surface area (Å²) in [6.07, 6.45) is 2.48. The Hall–Kier alpha value is -1.96. The molecule has 28 heavy (non-hydrogen) atoms. The van der Waals surface area contributed by atoms with Crippen molar-refractivity contribution in [3.05, 3.63) is 58.4 Å². The smallest absolute Gasteiger partial charge is 0.243 e. The Balaban J connectivity index is 1.80. The van der Waals surface area contributed by atoms with E-state index in [-0.39, 0.29) is 21.9 Å². The summed E-state index contributed by atoms with van der Waals surface area (Å²) in [6.45, 7) is 2.73. The molecule has 1 heterocycles. The molecule has 5 nitrogen and oxygen atoms in total. The second-order valence-electron chi connectivity index (χ2n) is 6.87. The highest BCUT2D eigenvalue weighted by Gasteiger charge is 2.27. The first-order chi connectivity index (χ1) is 13.3. The van der Waals surface area contributed by atoms with Gasteiger partial charge in [0, 0.05) is 29.4 Å². The van der Waals surface area contributed by atoms with E-state index < -0.39 is 21.7 Å². The molecule has 1 amide bonds. The van der Waals surface area contributed by atoms with E-state index in [0.29, 0.717) is 24.3 Å². The van der Waals surface area contributed by atoms with Crippen LogP contribution in [0.1, 0.15) is 30.4 Å². The lowest BCUT2D eigenvalue weighted by Gasteiger charge is -2.26. The van der Waals surface area contributed by atoms with Crippen molar-refractivity contribution in [1.29, 1.82) is 0 Å². The van der Waals surface area contributed by atoms with Gasteiger partial charge >= 0.3 is 0 Å². The first kappa shape index (κ1) is 20.8. The van der Waals surface area contributed by atoms with Crippen molar-refractivity contribution >= 4 is 33.2 Å². The van der Waals surface area contributed by atoms with Gasteiger partial charge < -0.3 is 5.32 Å². The Morgan fingerprint density at radius 2 is 1.89 bits per heavy atom. The molecule has 1 aliphatic heterocycles. The molecule has 1 aliphatic rings. The van der Waals surface area contributed by atoms with Crippen molar-refractivity contribution in [2.75, 3.05) is 18.4 Å². The summed E-state index contributed by atoms with van der Waals surface area (Å²) in [6, 6.07) is 8.97. The number of piperidine rings is 1. The molecule has 1 fully saturated rings. The molecule has 0 atom stereocenters. The Kier molecular flexibility index (Phi) is 6.37. The molecule has 1 N–H and O–H groups in total. The number of sulfonamides is 1. The van der Waals surface area contributed by atoms with E-state index in [0.717, 1.165) is 19.3 Å². The van der Waals surface area contributed by atoms with Crippen LogP contribution in [-0.2, 0) is 21.2 Å². The average Bonchev–Trinajstić information content (AvgIpc) is 2.67. The molecule has 0 spiro atoms. The monoisotopic (exact) mass is 424 g/mol. The summed E-state index contributed by atoms with van der Waals surface area (Å²) >= 11 is 5.96. The first-order valence-electron chi connectivity index (χ1n) is 9.12. The maximum Gasteiger partial charge on any atom is 0.243 e. The number of nitrogens with zero attached hydrogens (tertiary/aromatic N) is 1. The molecule has 3 rings (SSSR count). The van der Waals surface area contributed by atoms with Crippen molar-refractivity contribution in [2.45, 2.75) is 37.5 Å². The topological polar surface area (TPSA) is 66.5 Å². The molecule has 0 aliphatic carbocycles. The molecule has 8 heteroatoms. The molecular formula is C20H22ClFN2O3S. The lowest BCUT2D eigenvalue weighted by molar-refractivity contribution is -0.115. The summed E-state index contributed by atoms with van der Waals surface area (Å²) in [7, 11) is -3.62. The quantitative estimate of drug-likeness (QED) is 0.784. The van der Waals surface area contributed by atoms with Crippen LogP contribution in [0.25, 0.3) is 0 Å². The number of hydrogen-bond acceptors (Lipinski definition) is 3. The first-order valence-corrected chi connectivity index (χ1v) is 10.9. The van der Waals surface area contributed by atoms with Crippen molar-refractivity contribution in [1.82, 2.24) is 4.31 Å². The van der Waals surface area contributed by atoms with Gasteiger partial charge in [0.25, 0.3) is 0 Å². The largest absolute Gasteiger partial charge is 0.326 e. The van der Waals surface area contributed by atoms with Gasteiger partial charge in [-0.05, 0) is 49.6 Å². The van der Waals surface area contributed by atoms with E-state index >= 15 is 0 Å². The zero-order valence-corrected chi connectivity index (χ0v) is 17.1. The van der Waals surface area contributed by atoms with Crippen LogP contribution in [0.3, 0.4) is 0 Å². The van der Waals surface area contributed by atoms with Gasteiger partial charge in [-0.2, -0.15) is 4.31 Å². The number of aryl methyl sites for hydroxylation is 1. The van der Waals surface area contributed by atoms with Crippen LogP contribution in [0.15, 0.2) is 41.3 Å². The van der Waals surface area contributed by atoms with E-state index in [1.54, 1.807) is 19.1 Å². The van der Waals surface area contributed by atoms with Gasteiger partial charge in [0.2, 0.25) is 15.9 Å². The van der Waals surface area contributed by atoms with E-state index in [1.807, 2.05) is 0 Å². The Labute approximate surface area is 169 Å². The number of nitrogens with one attached hydrogen (secondary N) is 1. The van der Waals surface area contributed by atoms with Gasteiger partial charge in [-0.1, -0.05) is 30.2 Å². The van der Waals surface area contributed by atoms with Crippen LogP contribution in [0.4, 0.5) is 10.1 Å². The van der Waals surface area contributed by atoms with E-state index in [1.165, 1.54) is 28.6 Å². The number of hydrogen-bond donors (Lipinski definition) is 1. The number of halogens is 2. The van der Waals surface area contributed by atoms with Gasteiger partial charge in [-0.3, -0.25) is 4.79 Å². The molecular weight excluding hydrogens is 403 g/mol. The molecule has 0 unspecified atom stereocenters. The van der Waals surface area contributed by atoms with Gasteiger partial charge in [0.05, 0.1) is 11.3 Å². The fourth-order valence-corrected chi connectivity index (χ4v) is 5.26. The molecule has 0 radical (unpaired) electrons. The third kappa shape index (κ3) is 4.54. The van der Waals surface area contributed by atoms with Crippen LogP contribution in [0.2, 0.25) is 5.02 Å². The van der Waals surface area contributed by atoms with E-state index in [9.17, 15) is 17.6 Å². The number of carbonyl (C=O) groups is 1. The minimum absolute atomic E-state index is 0.106. The van der Waals surface area contributed by atoms with Crippen LogP contribution in [0, 0.1) is 12.7 Å². The highest BCUT2D eigenvalue weighted by molar-refractivity contribution is 7.89. The van der Waals surface area contributed by atoms with E-state index in [4.69, 9.17) is 11.6 Å². The molecule has 0 saturated carbocycles. The average molecular weight is 425 g/mol. The highest BCUT2D eigenvalue weighted by atomic mass is 35.5. The third-order valence-corrected chi connectivity index (χ3v) is 7.20. The molecule has 150 valence electrons. The normalized spacial score (nSPS) is 15.4. The highest BCUT2D eigenvalue weighted by Crippen LogP contribution is 2.26. The predicted molar refractivity (Wildman–Crippen MR) is 108 cm³/mol.